The number of likely N-dealkylation sites (tertiary alicyclic amines) is 1. The van der Waals surface area contributed by atoms with Gasteiger partial charge in [0.05, 0.1) is 5.54 Å². The summed E-state index contributed by atoms with van der Waals surface area (Å²) < 4.78 is 11.6. The summed E-state index contributed by atoms with van der Waals surface area (Å²) in [6.07, 6.45) is 6.72. The third kappa shape index (κ3) is 4.33. The van der Waals surface area contributed by atoms with E-state index in [1.165, 1.54) is 6.42 Å². The van der Waals surface area contributed by atoms with E-state index in [1.807, 2.05) is 24.3 Å². The van der Waals surface area contributed by atoms with Gasteiger partial charge in [-0.1, -0.05) is 32.9 Å². The van der Waals surface area contributed by atoms with E-state index in [4.69, 9.17) is 0 Å². The van der Waals surface area contributed by atoms with Crippen LogP contribution in [-0.4, -0.2) is 39.8 Å². The Labute approximate surface area is 204 Å². The largest absolute Gasteiger partial charge is 0.343 e. The van der Waals surface area contributed by atoms with Crippen LogP contribution >= 0.6 is 0 Å². The van der Waals surface area contributed by atoms with Crippen LogP contribution in [0.1, 0.15) is 79.2 Å². The molecule has 2 amide bonds. The summed E-state index contributed by atoms with van der Waals surface area (Å²) in [6, 6.07) is 15.1. The van der Waals surface area contributed by atoms with Gasteiger partial charge in [0, 0.05) is 45.7 Å². The second-order valence-electron chi connectivity index (χ2n) is 11.7. The quantitative estimate of drug-likeness (QED) is 0.666. The number of nitrogens with zero attached hydrogens (tertiary/aromatic N) is 1. The molecule has 3 fully saturated rings. The minimum absolute atomic E-state index is 0.125. The summed E-state index contributed by atoms with van der Waals surface area (Å²) in [4.78, 5) is 29.0. The Balaban J connectivity index is 1.28. The van der Waals surface area contributed by atoms with Crippen molar-refractivity contribution in [3.8, 4) is 0 Å². The van der Waals surface area contributed by atoms with Gasteiger partial charge < -0.3 is 10.2 Å². The molecule has 1 aliphatic heterocycles. The SMILES string of the molecule is CS(=O)c1ccc(C(=O)NC2(c3ccc(C(=O)N4CC5(C)CC4CC(C)(C)C5)cc3)CC2)cc1. The van der Waals surface area contributed by atoms with Crippen molar-refractivity contribution in [1.29, 1.82) is 0 Å². The lowest BCUT2D eigenvalue weighted by Crippen LogP contribution is -2.38. The Bertz CT molecular complexity index is 1150. The van der Waals surface area contributed by atoms with Crippen molar-refractivity contribution in [2.45, 2.75) is 69.4 Å². The molecular formula is C28H34N2O3S. The summed E-state index contributed by atoms with van der Waals surface area (Å²) in [5, 5.41) is 3.19. The smallest absolute Gasteiger partial charge is 0.254 e. The maximum atomic E-state index is 13.4. The first-order valence-corrected chi connectivity index (χ1v) is 13.7. The molecule has 2 saturated carbocycles. The highest BCUT2D eigenvalue weighted by Crippen LogP contribution is 2.53. The highest BCUT2D eigenvalue weighted by molar-refractivity contribution is 7.84. The van der Waals surface area contributed by atoms with Gasteiger partial charge in [0.25, 0.3) is 11.8 Å². The molecular weight excluding hydrogens is 444 g/mol. The number of amides is 2. The van der Waals surface area contributed by atoms with Crippen molar-refractivity contribution in [3.05, 3.63) is 65.2 Å². The Morgan fingerprint density at radius 2 is 1.56 bits per heavy atom. The number of fused-ring (bicyclic) bond motifs is 2. The predicted molar refractivity (Wildman–Crippen MR) is 134 cm³/mol. The fraction of sp³-hybridized carbons (Fsp3) is 0.500. The molecule has 6 heteroatoms. The Morgan fingerprint density at radius 1 is 0.941 bits per heavy atom. The van der Waals surface area contributed by atoms with Gasteiger partial charge in [0.2, 0.25) is 0 Å². The van der Waals surface area contributed by atoms with Crippen molar-refractivity contribution in [3.63, 3.8) is 0 Å². The van der Waals surface area contributed by atoms with Crippen molar-refractivity contribution < 1.29 is 13.8 Å². The lowest BCUT2D eigenvalue weighted by molar-refractivity contribution is 0.0707. The van der Waals surface area contributed by atoms with Crippen LogP contribution in [0.4, 0.5) is 0 Å². The van der Waals surface area contributed by atoms with Gasteiger partial charge >= 0.3 is 0 Å². The number of rotatable bonds is 5. The summed E-state index contributed by atoms with van der Waals surface area (Å²) in [5.41, 5.74) is 2.45. The summed E-state index contributed by atoms with van der Waals surface area (Å²) in [6.45, 7) is 7.81. The van der Waals surface area contributed by atoms with Gasteiger partial charge in [-0.05, 0) is 84.9 Å². The summed E-state index contributed by atoms with van der Waals surface area (Å²) >= 11 is 0. The first-order valence-electron chi connectivity index (χ1n) is 12.2. The first-order chi connectivity index (χ1) is 16.0. The third-order valence-corrected chi connectivity index (χ3v) is 8.85. The maximum absolute atomic E-state index is 13.4. The molecule has 2 bridgehead atoms. The fourth-order valence-corrected chi connectivity index (χ4v) is 7.01. The van der Waals surface area contributed by atoms with Crippen molar-refractivity contribution in [1.82, 2.24) is 10.2 Å². The molecule has 3 atom stereocenters. The minimum Gasteiger partial charge on any atom is -0.343 e. The molecule has 5 rings (SSSR count). The molecule has 3 unspecified atom stereocenters. The van der Waals surface area contributed by atoms with Gasteiger partial charge in [0.1, 0.15) is 0 Å². The van der Waals surface area contributed by atoms with Crippen molar-refractivity contribution >= 4 is 22.6 Å². The zero-order chi connectivity index (χ0) is 24.3. The minimum atomic E-state index is -1.06. The zero-order valence-electron chi connectivity index (χ0n) is 20.5. The monoisotopic (exact) mass is 478 g/mol. The molecule has 2 aromatic carbocycles. The third-order valence-electron chi connectivity index (χ3n) is 7.91. The number of carbonyl (C=O) groups is 2. The topological polar surface area (TPSA) is 66.5 Å². The van der Waals surface area contributed by atoms with Crippen molar-refractivity contribution in [2.75, 3.05) is 12.8 Å². The number of hydrogen-bond donors (Lipinski definition) is 1. The molecule has 1 saturated heterocycles. The van der Waals surface area contributed by atoms with Gasteiger partial charge in [0.15, 0.2) is 0 Å². The van der Waals surface area contributed by atoms with Crippen LogP contribution in [0.3, 0.4) is 0 Å². The average molecular weight is 479 g/mol. The molecule has 1 heterocycles. The lowest BCUT2D eigenvalue weighted by atomic mass is 9.65. The van der Waals surface area contributed by atoms with Crippen LogP contribution < -0.4 is 5.32 Å². The molecule has 3 aliphatic rings. The molecule has 5 nitrogen and oxygen atoms in total. The molecule has 2 aliphatic carbocycles. The predicted octanol–water partition coefficient (Wildman–Crippen LogP) is 4.88. The van der Waals surface area contributed by atoms with Crippen LogP contribution in [0.2, 0.25) is 0 Å². The van der Waals surface area contributed by atoms with E-state index in [-0.39, 0.29) is 28.2 Å². The summed E-state index contributed by atoms with van der Waals surface area (Å²) in [7, 11) is -1.06. The molecule has 180 valence electrons. The van der Waals surface area contributed by atoms with Crippen LogP contribution in [-0.2, 0) is 16.3 Å². The first kappa shape index (κ1) is 23.3. The van der Waals surface area contributed by atoms with E-state index >= 15 is 0 Å². The van der Waals surface area contributed by atoms with E-state index in [1.54, 1.807) is 30.5 Å². The fourth-order valence-electron chi connectivity index (χ4n) is 6.49. The van der Waals surface area contributed by atoms with Crippen LogP contribution in [0.25, 0.3) is 0 Å². The van der Waals surface area contributed by atoms with Crippen LogP contribution in [0.5, 0.6) is 0 Å². The normalized spacial score (nSPS) is 27.2. The standard InChI is InChI=1S/C28H34N2O3S/c1-26(2)15-22-16-27(3,17-26)18-30(22)25(32)20-5-9-21(10-6-20)28(13-14-28)29-24(31)19-7-11-23(12-8-19)34(4)33/h5-12,22H,13-18H2,1-4H3,(H,29,31). The van der Waals surface area contributed by atoms with Crippen molar-refractivity contribution in [2.24, 2.45) is 10.8 Å². The highest BCUT2D eigenvalue weighted by atomic mass is 32.2. The van der Waals surface area contributed by atoms with Crippen LogP contribution in [0.15, 0.2) is 53.4 Å². The second-order valence-corrected chi connectivity index (χ2v) is 13.1. The number of carbonyl (C=O) groups excluding carboxylic acids is 2. The number of hydrogen-bond acceptors (Lipinski definition) is 3. The van der Waals surface area contributed by atoms with Gasteiger partial charge in [-0.3, -0.25) is 13.8 Å². The van der Waals surface area contributed by atoms with Crippen LogP contribution in [0, 0.1) is 10.8 Å². The molecule has 0 radical (unpaired) electrons. The molecule has 2 aromatic rings. The van der Waals surface area contributed by atoms with E-state index in [0.29, 0.717) is 16.5 Å². The maximum Gasteiger partial charge on any atom is 0.254 e. The second kappa shape index (κ2) is 8.04. The Hall–Kier alpha value is -2.47. The van der Waals surface area contributed by atoms with Gasteiger partial charge in [-0.15, -0.1) is 0 Å². The Morgan fingerprint density at radius 3 is 2.15 bits per heavy atom. The number of nitrogens with one attached hydrogen (secondary N) is 1. The van der Waals surface area contributed by atoms with Gasteiger partial charge in [-0.25, -0.2) is 0 Å². The lowest BCUT2D eigenvalue weighted by Gasteiger charge is -2.39. The number of benzene rings is 2. The Kier molecular flexibility index (Phi) is 5.51. The van der Waals surface area contributed by atoms with E-state index < -0.39 is 10.8 Å². The van der Waals surface area contributed by atoms with E-state index in [2.05, 4.69) is 31.0 Å². The molecule has 0 spiro atoms. The molecule has 0 aromatic heterocycles. The van der Waals surface area contributed by atoms with Gasteiger partial charge in [-0.2, -0.15) is 0 Å². The van der Waals surface area contributed by atoms with E-state index in [9.17, 15) is 13.8 Å². The highest BCUT2D eigenvalue weighted by Gasteiger charge is 2.51. The summed E-state index contributed by atoms with van der Waals surface area (Å²) in [5.74, 6) is -0.00783. The molecule has 34 heavy (non-hydrogen) atoms. The van der Waals surface area contributed by atoms with E-state index in [0.717, 1.165) is 43.4 Å². The average Bonchev–Trinajstić information content (AvgIpc) is 3.51. The zero-order valence-corrected chi connectivity index (χ0v) is 21.3. The molecule has 1 N–H and O–H groups in total.